The number of para-hydroxylation sites is 1. The van der Waals surface area contributed by atoms with E-state index in [-0.39, 0.29) is 11.9 Å². The van der Waals surface area contributed by atoms with E-state index >= 15 is 0 Å². The van der Waals surface area contributed by atoms with Gasteiger partial charge in [0.2, 0.25) is 0 Å². The largest absolute Gasteiger partial charge is 0.333 e. The number of carbonyl (C=O) groups excluding carboxylic acids is 1. The maximum Gasteiger partial charge on any atom is 0.256 e. The number of tetrazole rings is 1. The van der Waals surface area contributed by atoms with E-state index in [0.717, 1.165) is 19.6 Å². The fraction of sp³-hybridized carbons (Fsp3) is 0.429. The molecule has 1 amide bonds. The third kappa shape index (κ3) is 2.64. The van der Waals surface area contributed by atoms with Gasteiger partial charge in [-0.25, -0.2) is 0 Å². The van der Waals surface area contributed by atoms with Crippen LogP contribution in [0.5, 0.6) is 0 Å². The van der Waals surface area contributed by atoms with Gasteiger partial charge in [0.15, 0.2) is 0 Å². The smallest absolute Gasteiger partial charge is 0.256 e. The quantitative estimate of drug-likeness (QED) is 0.801. The third-order valence-corrected chi connectivity index (χ3v) is 3.82. The summed E-state index contributed by atoms with van der Waals surface area (Å²) < 4.78 is 1.52. The number of piperazine rings is 1. The molecule has 0 spiro atoms. The summed E-state index contributed by atoms with van der Waals surface area (Å²) in [7, 11) is 2.08. The van der Waals surface area contributed by atoms with Gasteiger partial charge in [-0.05, 0) is 36.5 Å². The molecule has 1 aromatic carbocycles. The molecule has 2 aromatic rings. The second-order valence-electron chi connectivity index (χ2n) is 5.38. The highest BCUT2D eigenvalue weighted by molar-refractivity contribution is 5.98. The number of benzene rings is 1. The maximum atomic E-state index is 12.9. The van der Waals surface area contributed by atoms with Crippen LogP contribution in [0.1, 0.15) is 17.3 Å². The van der Waals surface area contributed by atoms with Crippen molar-refractivity contribution in [2.75, 3.05) is 26.7 Å². The van der Waals surface area contributed by atoms with Crippen LogP contribution in [0.25, 0.3) is 5.69 Å². The zero-order valence-corrected chi connectivity index (χ0v) is 12.2. The Labute approximate surface area is 123 Å². The minimum absolute atomic E-state index is 0.0294. The Morgan fingerprint density at radius 2 is 2.10 bits per heavy atom. The fourth-order valence-electron chi connectivity index (χ4n) is 2.72. The van der Waals surface area contributed by atoms with Crippen LogP contribution >= 0.6 is 0 Å². The Hall–Kier alpha value is -2.28. The van der Waals surface area contributed by atoms with Gasteiger partial charge in [0, 0.05) is 25.7 Å². The van der Waals surface area contributed by atoms with Crippen molar-refractivity contribution in [1.29, 1.82) is 0 Å². The molecule has 1 aliphatic heterocycles. The molecule has 0 aliphatic carbocycles. The number of nitrogens with zero attached hydrogens (tertiary/aromatic N) is 6. The molecule has 0 bridgehead atoms. The monoisotopic (exact) mass is 286 g/mol. The lowest BCUT2D eigenvalue weighted by Crippen LogP contribution is -2.52. The van der Waals surface area contributed by atoms with E-state index in [1.165, 1.54) is 11.0 Å². The number of aromatic nitrogens is 4. The second kappa shape index (κ2) is 5.61. The van der Waals surface area contributed by atoms with Gasteiger partial charge in [0.25, 0.3) is 5.91 Å². The zero-order chi connectivity index (χ0) is 14.8. The van der Waals surface area contributed by atoms with Gasteiger partial charge in [-0.1, -0.05) is 12.1 Å². The van der Waals surface area contributed by atoms with Crippen molar-refractivity contribution >= 4 is 5.91 Å². The molecule has 7 heteroatoms. The summed E-state index contributed by atoms with van der Waals surface area (Å²) in [4.78, 5) is 17.0. The van der Waals surface area contributed by atoms with E-state index in [0.29, 0.717) is 11.3 Å². The van der Waals surface area contributed by atoms with Crippen LogP contribution in [0, 0.1) is 0 Å². The van der Waals surface area contributed by atoms with Crippen LogP contribution in [0.15, 0.2) is 30.6 Å². The standard InChI is InChI=1S/C14H18N6O/c1-11-9-18(2)7-8-19(11)14(21)12-5-3-4-6-13(12)20-10-15-16-17-20/h3-6,10-11H,7-9H2,1-2H3/t11-/m1/s1. The first-order valence-corrected chi connectivity index (χ1v) is 6.98. The Kier molecular flexibility index (Phi) is 3.66. The molecule has 3 rings (SSSR count). The van der Waals surface area contributed by atoms with Crippen LogP contribution in [0.2, 0.25) is 0 Å². The molecular weight excluding hydrogens is 268 g/mol. The summed E-state index contributed by atoms with van der Waals surface area (Å²) in [5, 5.41) is 11.2. The van der Waals surface area contributed by atoms with Crippen molar-refractivity contribution in [3.05, 3.63) is 36.2 Å². The molecule has 0 N–H and O–H groups in total. The fourth-order valence-corrected chi connectivity index (χ4v) is 2.72. The summed E-state index contributed by atoms with van der Waals surface area (Å²) in [6.45, 7) is 4.59. The van der Waals surface area contributed by atoms with E-state index in [1.807, 2.05) is 29.2 Å². The Bertz CT molecular complexity index is 626. The molecule has 2 heterocycles. The summed E-state index contributed by atoms with van der Waals surface area (Å²) >= 11 is 0. The molecule has 1 atom stereocenters. The van der Waals surface area contributed by atoms with Crippen LogP contribution in [0.3, 0.4) is 0 Å². The van der Waals surface area contributed by atoms with Crippen molar-refractivity contribution in [2.45, 2.75) is 13.0 Å². The zero-order valence-electron chi connectivity index (χ0n) is 12.2. The van der Waals surface area contributed by atoms with Gasteiger partial charge >= 0.3 is 0 Å². The molecule has 110 valence electrons. The lowest BCUT2D eigenvalue weighted by atomic mass is 10.1. The highest BCUT2D eigenvalue weighted by atomic mass is 16.2. The first kappa shape index (κ1) is 13.7. The van der Waals surface area contributed by atoms with Crippen LogP contribution in [0.4, 0.5) is 0 Å². The number of likely N-dealkylation sites (N-methyl/N-ethyl adjacent to an activating group) is 1. The van der Waals surface area contributed by atoms with Crippen LogP contribution < -0.4 is 0 Å². The van der Waals surface area contributed by atoms with Crippen molar-refractivity contribution in [3.8, 4) is 5.69 Å². The van der Waals surface area contributed by atoms with E-state index < -0.39 is 0 Å². The first-order chi connectivity index (χ1) is 10.2. The number of rotatable bonds is 2. The van der Waals surface area contributed by atoms with E-state index in [1.54, 1.807) is 0 Å². The molecule has 0 unspecified atom stereocenters. The van der Waals surface area contributed by atoms with Crippen molar-refractivity contribution < 1.29 is 4.79 Å². The summed E-state index contributed by atoms with van der Waals surface area (Å²) in [6.07, 6.45) is 1.50. The number of carbonyl (C=O) groups is 1. The van der Waals surface area contributed by atoms with E-state index in [9.17, 15) is 4.79 Å². The highest BCUT2D eigenvalue weighted by Gasteiger charge is 2.28. The molecule has 1 aromatic heterocycles. The normalized spacial score (nSPS) is 19.7. The lowest BCUT2D eigenvalue weighted by molar-refractivity contribution is 0.0533. The van der Waals surface area contributed by atoms with E-state index in [2.05, 4.69) is 34.4 Å². The molecule has 1 aliphatic rings. The SMILES string of the molecule is C[C@@H]1CN(C)CCN1C(=O)c1ccccc1-n1cnnn1. The average Bonchev–Trinajstić information content (AvgIpc) is 3.01. The summed E-state index contributed by atoms with van der Waals surface area (Å²) in [5.41, 5.74) is 1.33. The van der Waals surface area contributed by atoms with Gasteiger partial charge in [0.05, 0.1) is 11.3 Å². The Balaban J connectivity index is 1.92. The molecule has 0 radical (unpaired) electrons. The molecular formula is C14H18N6O. The predicted molar refractivity (Wildman–Crippen MR) is 77.1 cm³/mol. The van der Waals surface area contributed by atoms with Gasteiger partial charge < -0.3 is 9.80 Å². The number of hydrogen-bond acceptors (Lipinski definition) is 5. The number of amides is 1. The summed E-state index contributed by atoms with van der Waals surface area (Å²) in [5.74, 6) is 0.0294. The maximum absolute atomic E-state index is 12.9. The van der Waals surface area contributed by atoms with Gasteiger partial charge in [0.1, 0.15) is 6.33 Å². The molecule has 1 saturated heterocycles. The topological polar surface area (TPSA) is 67.2 Å². The Morgan fingerprint density at radius 1 is 1.29 bits per heavy atom. The third-order valence-electron chi connectivity index (χ3n) is 3.82. The van der Waals surface area contributed by atoms with Gasteiger partial charge in [-0.3, -0.25) is 4.79 Å². The van der Waals surface area contributed by atoms with Gasteiger partial charge in [-0.15, -0.1) is 5.10 Å². The average molecular weight is 286 g/mol. The summed E-state index contributed by atoms with van der Waals surface area (Å²) in [6, 6.07) is 7.61. The number of hydrogen-bond donors (Lipinski definition) is 0. The molecule has 7 nitrogen and oxygen atoms in total. The van der Waals surface area contributed by atoms with Crippen molar-refractivity contribution in [1.82, 2.24) is 30.0 Å². The molecule has 1 fully saturated rings. The van der Waals surface area contributed by atoms with Crippen molar-refractivity contribution in [2.24, 2.45) is 0 Å². The molecule has 0 saturated carbocycles. The predicted octanol–water partition coefficient (Wildman–Crippen LogP) is 0.438. The lowest BCUT2D eigenvalue weighted by Gasteiger charge is -2.38. The van der Waals surface area contributed by atoms with Crippen LogP contribution in [-0.4, -0.2) is 68.6 Å². The van der Waals surface area contributed by atoms with E-state index in [4.69, 9.17) is 0 Å². The minimum atomic E-state index is 0.0294. The van der Waals surface area contributed by atoms with Gasteiger partial charge in [-0.2, -0.15) is 4.68 Å². The highest BCUT2D eigenvalue weighted by Crippen LogP contribution is 2.18. The second-order valence-corrected chi connectivity index (χ2v) is 5.38. The molecule has 21 heavy (non-hydrogen) atoms. The minimum Gasteiger partial charge on any atom is -0.333 e. The Morgan fingerprint density at radius 3 is 2.81 bits per heavy atom. The van der Waals surface area contributed by atoms with Crippen LogP contribution in [-0.2, 0) is 0 Å². The first-order valence-electron chi connectivity index (χ1n) is 6.98. The van der Waals surface area contributed by atoms with Crippen molar-refractivity contribution in [3.63, 3.8) is 0 Å².